The first-order chi connectivity index (χ1) is 29.1. The summed E-state index contributed by atoms with van der Waals surface area (Å²) in [6.07, 6.45) is 2.64. The van der Waals surface area contributed by atoms with Crippen LogP contribution in [0.15, 0.2) is 182 Å². The fourth-order valence-electron chi connectivity index (χ4n) is 9.62. The number of hydrogen-bond donors (Lipinski definition) is 0. The van der Waals surface area contributed by atoms with Crippen molar-refractivity contribution in [2.45, 2.75) is 33.6 Å². The van der Waals surface area contributed by atoms with Crippen LogP contribution in [0, 0.1) is 6.92 Å². The van der Waals surface area contributed by atoms with Crippen LogP contribution in [0.3, 0.4) is 0 Å². The Morgan fingerprint density at radius 3 is 1.54 bits per heavy atom. The number of aryl methyl sites for hydroxylation is 1. The Hall–Kier alpha value is -7.09. The van der Waals surface area contributed by atoms with Crippen molar-refractivity contribution in [1.82, 2.24) is 4.98 Å². The Kier molecular flexibility index (Phi) is 8.38. The highest BCUT2D eigenvalue weighted by Gasteiger charge is 2.32. The summed E-state index contributed by atoms with van der Waals surface area (Å²) in [6.45, 7) is 6.50. The minimum Gasteiger partial charge on any atom is -0.248 e. The van der Waals surface area contributed by atoms with Gasteiger partial charge in [0.2, 0.25) is 0 Å². The summed E-state index contributed by atoms with van der Waals surface area (Å²) in [7, 11) is 0. The number of aromatic nitrogens is 1. The molecular formula is C58H43N. The summed E-state index contributed by atoms with van der Waals surface area (Å²) in [4.78, 5) is 5.43. The smallest absolute Gasteiger partial charge is 0.0722 e. The van der Waals surface area contributed by atoms with E-state index in [0.717, 1.165) is 16.8 Å². The SMILES string of the molecule is CCCC.Cc1ccc(-c2ccc3c(c2)-c2cc(-c4ccc5c6c(cccc46)-c4c-5c(-c5ccccc5)c5ccccc5c4-c4ccccc4)nc4cccc-3c24)cc1. The van der Waals surface area contributed by atoms with Crippen LogP contribution in [0.1, 0.15) is 32.3 Å². The van der Waals surface area contributed by atoms with E-state index in [4.69, 9.17) is 4.98 Å². The van der Waals surface area contributed by atoms with Crippen molar-refractivity contribution >= 4 is 32.4 Å². The number of fused-ring (bicyclic) bond motifs is 7. The lowest BCUT2D eigenvalue weighted by molar-refractivity contribution is 0.886. The molecule has 1 heterocycles. The number of nitrogens with zero attached hydrogens (tertiary/aromatic N) is 1. The second-order valence-electron chi connectivity index (χ2n) is 16.0. The zero-order valence-electron chi connectivity index (χ0n) is 33.7. The monoisotopic (exact) mass is 753 g/mol. The number of benzene rings is 9. The molecule has 0 saturated carbocycles. The van der Waals surface area contributed by atoms with E-state index in [0.29, 0.717) is 0 Å². The van der Waals surface area contributed by atoms with Gasteiger partial charge >= 0.3 is 0 Å². The van der Waals surface area contributed by atoms with E-state index in [1.165, 1.54) is 123 Å². The lowest BCUT2D eigenvalue weighted by Gasteiger charge is -2.20. The lowest BCUT2D eigenvalue weighted by atomic mass is 9.82. The van der Waals surface area contributed by atoms with Crippen molar-refractivity contribution in [1.29, 1.82) is 0 Å². The van der Waals surface area contributed by atoms with E-state index in [1.807, 2.05) is 0 Å². The van der Waals surface area contributed by atoms with Gasteiger partial charge in [0, 0.05) is 10.9 Å². The molecule has 10 aromatic rings. The molecule has 9 aromatic carbocycles. The number of pyridine rings is 1. The van der Waals surface area contributed by atoms with Crippen molar-refractivity contribution in [2.24, 2.45) is 0 Å². The predicted octanol–water partition coefficient (Wildman–Crippen LogP) is 16.6. The summed E-state index contributed by atoms with van der Waals surface area (Å²) >= 11 is 0. The maximum atomic E-state index is 5.43. The quantitative estimate of drug-likeness (QED) is 0.171. The van der Waals surface area contributed by atoms with Gasteiger partial charge in [-0.1, -0.05) is 196 Å². The third-order valence-corrected chi connectivity index (χ3v) is 12.5. The highest BCUT2D eigenvalue weighted by Crippen LogP contribution is 2.59. The average molecular weight is 754 g/mol. The van der Waals surface area contributed by atoms with Crippen LogP contribution in [0.25, 0.3) is 122 Å². The van der Waals surface area contributed by atoms with Gasteiger partial charge in [-0.2, -0.15) is 0 Å². The molecule has 0 aliphatic heterocycles. The number of rotatable bonds is 5. The molecule has 0 amide bonds. The van der Waals surface area contributed by atoms with Crippen LogP contribution in [0.4, 0.5) is 0 Å². The second-order valence-corrected chi connectivity index (χ2v) is 16.0. The van der Waals surface area contributed by atoms with E-state index < -0.39 is 0 Å². The Labute approximate surface area is 346 Å². The second kappa shape index (κ2) is 14.1. The van der Waals surface area contributed by atoms with E-state index in [-0.39, 0.29) is 0 Å². The predicted molar refractivity (Wildman–Crippen MR) is 253 cm³/mol. The topological polar surface area (TPSA) is 12.9 Å². The summed E-state index contributed by atoms with van der Waals surface area (Å²) in [5, 5.41) is 6.32. The molecule has 1 aromatic heterocycles. The van der Waals surface area contributed by atoms with Gasteiger partial charge in [0.05, 0.1) is 11.2 Å². The van der Waals surface area contributed by atoms with Gasteiger partial charge in [-0.05, 0) is 125 Å². The molecule has 0 spiro atoms. The fourth-order valence-corrected chi connectivity index (χ4v) is 9.62. The van der Waals surface area contributed by atoms with Gasteiger partial charge in [0.1, 0.15) is 0 Å². The summed E-state index contributed by atoms with van der Waals surface area (Å²) in [5.41, 5.74) is 22.3. The lowest BCUT2D eigenvalue weighted by Crippen LogP contribution is -1.93. The molecule has 0 fully saturated rings. The summed E-state index contributed by atoms with van der Waals surface area (Å²) < 4.78 is 0. The molecular weight excluding hydrogens is 711 g/mol. The van der Waals surface area contributed by atoms with Crippen LogP contribution < -0.4 is 0 Å². The van der Waals surface area contributed by atoms with Gasteiger partial charge in [0.15, 0.2) is 0 Å². The minimum atomic E-state index is 1.00. The molecule has 280 valence electrons. The first-order valence-corrected chi connectivity index (χ1v) is 21.0. The van der Waals surface area contributed by atoms with E-state index in [9.17, 15) is 0 Å². The molecule has 12 rings (SSSR count). The standard InChI is InChI=1S/C54H33N.C4H10/c1-32-22-24-33(25-23-32)36-26-27-37-39-19-11-21-47-52(39)46(45(37)30-36)31-48(55-47)38-28-29-44-51-40(38)18-10-20-43(51)53-49(34-12-4-2-5-13-34)41-16-8-9-17-42(41)50(54(44)53)35-14-6-3-7-15-35;1-3-4-2/h2-31H,1H3;3-4H2,1-2H3. The Bertz CT molecular complexity index is 3170. The van der Waals surface area contributed by atoms with Crippen molar-refractivity contribution in [3.63, 3.8) is 0 Å². The Balaban J connectivity index is 0.000000952. The van der Waals surface area contributed by atoms with Gasteiger partial charge in [-0.3, -0.25) is 0 Å². The van der Waals surface area contributed by atoms with Gasteiger partial charge < -0.3 is 0 Å². The van der Waals surface area contributed by atoms with Crippen LogP contribution in [0.5, 0.6) is 0 Å². The maximum absolute atomic E-state index is 5.43. The van der Waals surface area contributed by atoms with Gasteiger partial charge in [-0.15, -0.1) is 0 Å². The van der Waals surface area contributed by atoms with Gasteiger partial charge in [0.25, 0.3) is 0 Å². The summed E-state index contributed by atoms with van der Waals surface area (Å²) in [6, 6.07) is 67.2. The molecule has 1 heteroatoms. The van der Waals surface area contributed by atoms with Crippen LogP contribution in [-0.4, -0.2) is 4.98 Å². The van der Waals surface area contributed by atoms with Crippen molar-refractivity contribution in [2.75, 3.05) is 0 Å². The number of unbranched alkanes of at least 4 members (excludes halogenated alkanes) is 1. The molecule has 2 aliphatic carbocycles. The Morgan fingerprint density at radius 1 is 0.339 bits per heavy atom. The third kappa shape index (κ3) is 5.49. The van der Waals surface area contributed by atoms with Crippen molar-refractivity contribution in [3.05, 3.63) is 188 Å². The largest absolute Gasteiger partial charge is 0.248 e. The average Bonchev–Trinajstić information content (AvgIpc) is 3.80. The first-order valence-electron chi connectivity index (χ1n) is 21.0. The molecule has 0 unspecified atom stereocenters. The zero-order chi connectivity index (χ0) is 39.6. The molecule has 0 bridgehead atoms. The van der Waals surface area contributed by atoms with Crippen LogP contribution in [0.2, 0.25) is 0 Å². The molecule has 2 aliphatic rings. The highest BCUT2D eigenvalue weighted by molar-refractivity contribution is 6.29. The molecule has 1 nitrogen and oxygen atoms in total. The number of hydrogen-bond acceptors (Lipinski definition) is 1. The molecule has 0 N–H and O–H groups in total. The molecule has 0 atom stereocenters. The molecule has 0 saturated heterocycles. The first kappa shape index (κ1) is 35.1. The maximum Gasteiger partial charge on any atom is 0.0722 e. The third-order valence-electron chi connectivity index (χ3n) is 12.5. The normalized spacial score (nSPS) is 11.8. The zero-order valence-corrected chi connectivity index (χ0v) is 33.7. The Morgan fingerprint density at radius 2 is 0.881 bits per heavy atom. The van der Waals surface area contributed by atoms with Crippen LogP contribution >= 0.6 is 0 Å². The fraction of sp³-hybridized carbons (Fsp3) is 0.0862. The van der Waals surface area contributed by atoms with E-state index in [2.05, 4.69) is 203 Å². The summed E-state index contributed by atoms with van der Waals surface area (Å²) in [5.74, 6) is 0. The van der Waals surface area contributed by atoms with Gasteiger partial charge in [-0.25, -0.2) is 4.98 Å². The molecule has 0 radical (unpaired) electrons. The van der Waals surface area contributed by atoms with Crippen molar-refractivity contribution in [3.8, 4) is 89.1 Å². The van der Waals surface area contributed by atoms with E-state index >= 15 is 0 Å². The van der Waals surface area contributed by atoms with E-state index in [1.54, 1.807) is 0 Å². The van der Waals surface area contributed by atoms with Crippen LogP contribution in [-0.2, 0) is 0 Å². The highest BCUT2D eigenvalue weighted by atomic mass is 14.7. The molecule has 59 heavy (non-hydrogen) atoms. The van der Waals surface area contributed by atoms with Crippen molar-refractivity contribution < 1.29 is 0 Å². The minimum absolute atomic E-state index is 1.00.